The lowest BCUT2D eigenvalue weighted by atomic mass is 9.89. The van der Waals surface area contributed by atoms with Crippen molar-refractivity contribution in [1.29, 1.82) is 0 Å². The molecule has 1 amide bonds. The van der Waals surface area contributed by atoms with Crippen LogP contribution in [0.3, 0.4) is 0 Å². The van der Waals surface area contributed by atoms with Crippen molar-refractivity contribution in [3.63, 3.8) is 0 Å². The number of hydrogen-bond acceptors (Lipinski definition) is 7. The summed E-state index contributed by atoms with van der Waals surface area (Å²) in [7, 11) is 0. The Morgan fingerprint density at radius 2 is 2.07 bits per heavy atom. The number of hydrogen-bond donors (Lipinski definition) is 2. The maximum atomic E-state index is 13.1. The molecule has 1 unspecified atom stereocenters. The summed E-state index contributed by atoms with van der Waals surface area (Å²) in [6.07, 6.45) is 4.41. The molecule has 1 fully saturated rings. The van der Waals surface area contributed by atoms with Crippen LogP contribution in [0.15, 0.2) is 53.3 Å². The Morgan fingerprint density at radius 1 is 1.31 bits per heavy atom. The summed E-state index contributed by atoms with van der Waals surface area (Å²) in [6.45, 7) is 3.32. The van der Waals surface area contributed by atoms with Crippen LogP contribution >= 0.6 is 0 Å². The van der Waals surface area contributed by atoms with E-state index in [0.717, 1.165) is 5.56 Å². The normalized spacial score (nSPS) is 17.7. The molecule has 152 valence electrons. The summed E-state index contributed by atoms with van der Waals surface area (Å²) in [5.41, 5.74) is 0.0254. The van der Waals surface area contributed by atoms with Crippen molar-refractivity contribution in [3.05, 3.63) is 60.1 Å². The van der Waals surface area contributed by atoms with Gasteiger partial charge in [0.15, 0.2) is 5.82 Å². The molecule has 1 aromatic carbocycles. The van der Waals surface area contributed by atoms with Gasteiger partial charge < -0.3 is 14.9 Å². The molecule has 0 radical (unpaired) electrons. The van der Waals surface area contributed by atoms with E-state index in [0.29, 0.717) is 44.1 Å². The molecule has 3 aromatic rings. The highest BCUT2D eigenvalue weighted by Gasteiger charge is 2.38. The minimum absolute atomic E-state index is 0.175. The number of aliphatic hydroxyl groups is 1. The Labute approximate surface area is 168 Å². The van der Waals surface area contributed by atoms with E-state index in [-0.39, 0.29) is 5.91 Å². The Bertz CT molecular complexity index is 932. The van der Waals surface area contributed by atoms with E-state index in [2.05, 4.69) is 25.7 Å². The van der Waals surface area contributed by atoms with E-state index in [1.807, 2.05) is 30.3 Å². The topological polar surface area (TPSA) is 109 Å². The van der Waals surface area contributed by atoms with Gasteiger partial charge in [-0.3, -0.25) is 9.69 Å². The van der Waals surface area contributed by atoms with E-state index in [4.69, 9.17) is 4.52 Å². The molecular weight excluding hydrogens is 372 g/mol. The number of rotatable bonds is 6. The van der Waals surface area contributed by atoms with E-state index < -0.39 is 11.6 Å². The smallest absolute Gasteiger partial charge is 0.247 e. The Morgan fingerprint density at radius 3 is 2.69 bits per heavy atom. The minimum Gasteiger partial charge on any atom is -0.388 e. The standard InChI is InChI=1S/C20H24N6O3/c1-15-13-17(23-29-15)22-19(27)18(16-5-3-2-4-6-16)25-10-7-20(28,8-11-25)14-26-12-9-21-24-26/h2-6,9,12-13,18,28H,7-8,10-11,14H2,1H3,(H,22,23,27). The predicted octanol–water partition coefficient (Wildman–Crippen LogP) is 1.78. The van der Waals surface area contributed by atoms with E-state index in [1.54, 1.807) is 30.1 Å². The van der Waals surface area contributed by atoms with Crippen molar-refractivity contribution in [2.24, 2.45) is 0 Å². The molecule has 0 bridgehead atoms. The number of nitrogens with zero attached hydrogens (tertiary/aromatic N) is 5. The van der Waals surface area contributed by atoms with Crippen LogP contribution in [0.5, 0.6) is 0 Å². The zero-order valence-corrected chi connectivity index (χ0v) is 16.2. The highest BCUT2D eigenvalue weighted by molar-refractivity contribution is 5.94. The van der Waals surface area contributed by atoms with Gasteiger partial charge in [0, 0.05) is 25.4 Å². The first kappa shape index (κ1) is 19.3. The molecule has 9 nitrogen and oxygen atoms in total. The van der Waals surface area contributed by atoms with Crippen molar-refractivity contribution in [1.82, 2.24) is 25.1 Å². The van der Waals surface area contributed by atoms with Gasteiger partial charge in [0.1, 0.15) is 11.8 Å². The van der Waals surface area contributed by atoms with E-state index >= 15 is 0 Å². The van der Waals surface area contributed by atoms with Gasteiger partial charge in [-0.1, -0.05) is 40.7 Å². The molecule has 2 aromatic heterocycles. The number of piperidine rings is 1. The third kappa shape index (κ3) is 4.52. The average molecular weight is 396 g/mol. The van der Waals surface area contributed by atoms with Crippen LogP contribution in [-0.2, 0) is 11.3 Å². The van der Waals surface area contributed by atoms with Crippen LogP contribution in [0.25, 0.3) is 0 Å². The van der Waals surface area contributed by atoms with Gasteiger partial charge >= 0.3 is 0 Å². The number of aromatic nitrogens is 4. The number of carbonyl (C=O) groups is 1. The van der Waals surface area contributed by atoms with Crippen LogP contribution in [-0.4, -0.2) is 54.8 Å². The molecule has 9 heteroatoms. The molecular formula is C20H24N6O3. The minimum atomic E-state index is -0.870. The fraction of sp³-hybridized carbons (Fsp3) is 0.400. The molecule has 1 atom stereocenters. The second-order valence-corrected chi connectivity index (χ2v) is 7.49. The van der Waals surface area contributed by atoms with Crippen molar-refractivity contribution in [3.8, 4) is 0 Å². The summed E-state index contributed by atoms with van der Waals surface area (Å²) in [6, 6.07) is 10.8. The molecule has 3 heterocycles. The fourth-order valence-corrected chi connectivity index (χ4v) is 3.76. The number of aryl methyl sites for hydroxylation is 1. The molecule has 29 heavy (non-hydrogen) atoms. The Balaban J connectivity index is 1.49. The molecule has 2 N–H and O–H groups in total. The van der Waals surface area contributed by atoms with Gasteiger partial charge in [-0.05, 0) is 25.3 Å². The number of anilines is 1. The van der Waals surface area contributed by atoms with Crippen molar-refractivity contribution < 1.29 is 14.4 Å². The Hall–Kier alpha value is -3.04. The predicted molar refractivity (Wildman–Crippen MR) is 105 cm³/mol. The first-order chi connectivity index (χ1) is 14.0. The number of nitrogens with one attached hydrogen (secondary N) is 1. The molecule has 1 saturated heterocycles. The van der Waals surface area contributed by atoms with E-state index in [1.165, 1.54) is 0 Å². The molecule has 0 aliphatic carbocycles. The molecule has 1 aliphatic rings. The van der Waals surface area contributed by atoms with Gasteiger partial charge in [0.2, 0.25) is 5.91 Å². The van der Waals surface area contributed by atoms with E-state index in [9.17, 15) is 9.90 Å². The van der Waals surface area contributed by atoms with Gasteiger partial charge in [-0.25, -0.2) is 4.68 Å². The van der Waals surface area contributed by atoms with Crippen LogP contribution < -0.4 is 5.32 Å². The molecule has 0 spiro atoms. The van der Waals surface area contributed by atoms with Crippen LogP contribution in [0.4, 0.5) is 5.82 Å². The van der Waals surface area contributed by atoms with Crippen LogP contribution in [0.1, 0.15) is 30.2 Å². The summed E-state index contributed by atoms with van der Waals surface area (Å²) in [5, 5.41) is 25.4. The lowest BCUT2D eigenvalue weighted by Gasteiger charge is -2.41. The third-order valence-electron chi connectivity index (χ3n) is 5.27. The highest BCUT2D eigenvalue weighted by Crippen LogP contribution is 2.31. The number of likely N-dealkylation sites (tertiary alicyclic amines) is 1. The van der Waals surface area contributed by atoms with Gasteiger partial charge in [-0.2, -0.15) is 0 Å². The highest BCUT2D eigenvalue weighted by atomic mass is 16.5. The maximum absolute atomic E-state index is 13.1. The van der Waals surface area contributed by atoms with Gasteiger partial charge in [-0.15, -0.1) is 5.10 Å². The van der Waals surface area contributed by atoms with Crippen molar-refractivity contribution in [2.75, 3.05) is 18.4 Å². The summed E-state index contributed by atoms with van der Waals surface area (Å²) in [5.74, 6) is 0.854. The SMILES string of the molecule is Cc1cc(NC(=O)C(c2ccccc2)N2CCC(O)(Cn3ccnn3)CC2)no1. The molecule has 1 aliphatic heterocycles. The van der Waals surface area contributed by atoms with Gasteiger partial charge in [0.25, 0.3) is 0 Å². The maximum Gasteiger partial charge on any atom is 0.247 e. The van der Waals surface area contributed by atoms with Crippen molar-refractivity contribution in [2.45, 2.75) is 38.0 Å². The second-order valence-electron chi connectivity index (χ2n) is 7.49. The monoisotopic (exact) mass is 396 g/mol. The summed E-state index contributed by atoms with van der Waals surface area (Å²) in [4.78, 5) is 15.2. The first-order valence-electron chi connectivity index (χ1n) is 9.62. The molecule has 0 saturated carbocycles. The average Bonchev–Trinajstić information content (AvgIpc) is 3.36. The van der Waals surface area contributed by atoms with Crippen molar-refractivity contribution >= 4 is 11.7 Å². The zero-order chi connectivity index (χ0) is 20.3. The number of benzene rings is 1. The van der Waals surface area contributed by atoms with Crippen LogP contribution in [0.2, 0.25) is 0 Å². The summed E-state index contributed by atoms with van der Waals surface area (Å²) < 4.78 is 6.69. The van der Waals surface area contributed by atoms with Gasteiger partial charge in [0.05, 0.1) is 18.3 Å². The van der Waals surface area contributed by atoms with Crippen LogP contribution in [0, 0.1) is 6.92 Å². The largest absolute Gasteiger partial charge is 0.388 e. The fourth-order valence-electron chi connectivity index (χ4n) is 3.76. The number of amides is 1. The lowest BCUT2D eigenvalue weighted by molar-refractivity contribution is -0.124. The Kier molecular flexibility index (Phi) is 5.41. The number of carbonyl (C=O) groups excluding carboxylic acids is 1. The lowest BCUT2D eigenvalue weighted by Crippen LogP contribution is -2.49. The summed E-state index contributed by atoms with van der Waals surface area (Å²) >= 11 is 0. The quantitative estimate of drug-likeness (QED) is 0.654. The third-order valence-corrected chi connectivity index (χ3v) is 5.27. The first-order valence-corrected chi connectivity index (χ1v) is 9.62. The second kappa shape index (κ2) is 8.14. The molecule has 4 rings (SSSR count). The zero-order valence-electron chi connectivity index (χ0n) is 16.2.